The third-order valence-electron chi connectivity index (χ3n) is 3.03. The van der Waals surface area contributed by atoms with Gasteiger partial charge in [0.25, 0.3) is 0 Å². The summed E-state index contributed by atoms with van der Waals surface area (Å²) in [5, 5.41) is 23.6. The standard InChI is InChI=1S/C15H10N2O4/c18-16-12(6-5-11-3-1-2-4-14(11)16)7-8-13-9-10-15(21-13)17(19)20/h1-10H. The summed E-state index contributed by atoms with van der Waals surface area (Å²) in [4.78, 5) is 9.91. The van der Waals surface area contributed by atoms with Crippen LogP contribution in [0.2, 0.25) is 0 Å². The minimum absolute atomic E-state index is 0.315. The molecule has 0 aliphatic heterocycles. The van der Waals surface area contributed by atoms with Gasteiger partial charge < -0.3 is 9.62 Å². The number of para-hydroxylation sites is 1. The smallest absolute Gasteiger partial charge is 0.433 e. The SMILES string of the molecule is O=[N+]([O-])c1ccc(C=Cc2ccc3ccccc3[n+]2[O-])o1. The van der Waals surface area contributed by atoms with Gasteiger partial charge in [-0.05, 0) is 24.3 Å². The van der Waals surface area contributed by atoms with Crippen LogP contribution in [0.15, 0.2) is 52.9 Å². The van der Waals surface area contributed by atoms with E-state index < -0.39 is 4.92 Å². The first kappa shape index (κ1) is 12.9. The van der Waals surface area contributed by atoms with Crippen molar-refractivity contribution in [2.24, 2.45) is 0 Å². The van der Waals surface area contributed by atoms with E-state index in [1.807, 2.05) is 18.2 Å². The fourth-order valence-corrected chi connectivity index (χ4v) is 2.02. The van der Waals surface area contributed by atoms with E-state index in [1.165, 1.54) is 18.2 Å². The Kier molecular flexibility index (Phi) is 3.12. The van der Waals surface area contributed by atoms with Crippen LogP contribution in [0, 0.1) is 15.3 Å². The summed E-state index contributed by atoms with van der Waals surface area (Å²) in [6.45, 7) is 0. The van der Waals surface area contributed by atoms with E-state index >= 15 is 0 Å². The molecular weight excluding hydrogens is 272 g/mol. The maximum absolute atomic E-state index is 12.2. The van der Waals surface area contributed by atoms with E-state index in [0.717, 1.165) is 10.1 Å². The largest absolute Gasteiger partial charge is 0.618 e. The van der Waals surface area contributed by atoms with E-state index in [1.54, 1.807) is 24.3 Å². The highest BCUT2D eigenvalue weighted by Crippen LogP contribution is 2.18. The lowest BCUT2D eigenvalue weighted by atomic mass is 10.2. The summed E-state index contributed by atoms with van der Waals surface area (Å²) in [5.41, 5.74) is 0.984. The van der Waals surface area contributed by atoms with E-state index in [4.69, 9.17) is 4.42 Å². The number of hydrogen-bond donors (Lipinski definition) is 0. The normalized spacial score (nSPS) is 11.2. The van der Waals surface area contributed by atoms with Gasteiger partial charge in [-0.25, -0.2) is 0 Å². The minimum Gasteiger partial charge on any atom is -0.618 e. The quantitative estimate of drug-likeness (QED) is 0.320. The van der Waals surface area contributed by atoms with Gasteiger partial charge in [0.15, 0.2) is 0 Å². The Morgan fingerprint density at radius 3 is 2.62 bits per heavy atom. The second-order valence-electron chi connectivity index (χ2n) is 4.38. The molecule has 1 aromatic carbocycles. The number of hydrogen-bond acceptors (Lipinski definition) is 4. The van der Waals surface area contributed by atoms with E-state index in [9.17, 15) is 15.3 Å². The van der Waals surface area contributed by atoms with Crippen LogP contribution in [0.5, 0.6) is 0 Å². The van der Waals surface area contributed by atoms with Crippen LogP contribution in [0.25, 0.3) is 23.1 Å². The number of fused-ring (bicyclic) bond motifs is 1. The molecule has 0 N–H and O–H groups in total. The molecule has 0 saturated heterocycles. The van der Waals surface area contributed by atoms with Gasteiger partial charge in [0.1, 0.15) is 10.7 Å². The van der Waals surface area contributed by atoms with Crippen molar-refractivity contribution in [2.75, 3.05) is 0 Å². The molecule has 2 aromatic heterocycles. The maximum Gasteiger partial charge on any atom is 0.433 e. The molecule has 0 fully saturated rings. The molecule has 104 valence electrons. The number of nitro groups is 1. The average Bonchev–Trinajstić information content (AvgIpc) is 2.96. The predicted octanol–water partition coefficient (Wildman–Crippen LogP) is 3.14. The fraction of sp³-hybridized carbons (Fsp3) is 0. The van der Waals surface area contributed by atoms with Crippen LogP contribution in [0.3, 0.4) is 0 Å². The van der Waals surface area contributed by atoms with Crippen molar-refractivity contribution < 1.29 is 14.1 Å². The zero-order valence-electron chi connectivity index (χ0n) is 10.8. The Morgan fingerprint density at radius 1 is 1.05 bits per heavy atom. The van der Waals surface area contributed by atoms with E-state index in [0.29, 0.717) is 17.0 Å². The van der Waals surface area contributed by atoms with Crippen LogP contribution in [0.4, 0.5) is 5.88 Å². The highest BCUT2D eigenvalue weighted by atomic mass is 16.6. The Bertz CT molecular complexity index is 852. The lowest BCUT2D eigenvalue weighted by Crippen LogP contribution is -2.30. The lowest BCUT2D eigenvalue weighted by Gasteiger charge is -2.04. The van der Waals surface area contributed by atoms with Crippen LogP contribution in [0.1, 0.15) is 11.5 Å². The summed E-state index contributed by atoms with van der Waals surface area (Å²) < 4.78 is 5.81. The number of nitrogens with zero attached hydrogens (tertiary/aromatic N) is 2. The molecular formula is C15H10N2O4. The first-order valence-electron chi connectivity index (χ1n) is 6.19. The Balaban J connectivity index is 1.95. The number of benzene rings is 1. The molecule has 0 atom stereocenters. The van der Waals surface area contributed by atoms with Gasteiger partial charge in [-0.15, -0.1) is 0 Å². The van der Waals surface area contributed by atoms with Gasteiger partial charge in [0.2, 0.25) is 11.2 Å². The van der Waals surface area contributed by atoms with Crippen molar-refractivity contribution in [1.82, 2.24) is 0 Å². The molecule has 0 aliphatic carbocycles. The maximum atomic E-state index is 12.2. The number of furan rings is 1. The van der Waals surface area contributed by atoms with Crippen LogP contribution < -0.4 is 4.73 Å². The molecule has 0 bridgehead atoms. The summed E-state index contributed by atoms with van der Waals surface area (Å²) in [6.07, 6.45) is 3.08. The monoisotopic (exact) mass is 282 g/mol. The van der Waals surface area contributed by atoms with Gasteiger partial charge in [-0.1, -0.05) is 12.1 Å². The summed E-state index contributed by atoms with van der Waals surface area (Å²) in [7, 11) is 0. The lowest BCUT2D eigenvalue weighted by molar-refractivity contribution is -0.579. The van der Waals surface area contributed by atoms with Crippen molar-refractivity contribution in [3.8, 4) is 0 Å². The summed E-state index contributed by atoms with van der Waals surface area (Å²) >= 11 is 0. The molecule has 21 heavy (non-hydrogen) atoms. The molecule has 0 unspecified atom stereocenters. The van der Waals surface area contributed by atoms with Crippen molar-refractivity contribution in [3.05, 3.63) is 75.3 Å². The topological polar surface area (TPSA) is 83.2 Å². The zero-order valence-corrected chi connectivity index (χ0v) is 10.8. The first-order valence-corrected chi connectivity index (χ1v) is 6.19. The fourth-order valence-electron chi connectivity index (χ4n) is 2.02. The highest BCUT2D eigenvalue weighted by Gasteiger charge is 2.11. The van der Waals surface area contributed by atoms with Crippen molar-refractivity contribution in [3.63, 3.8) is 0 Å². The van der Waals surface area contributed by atoms with Gasteiger partial charge in [-0.2, -0.15) is 4.73 Å². The molecule has 6 nitrogen and oxygen atoms in total. The molecule has 3 rings (SSSR count). The van der Waals surface area contributed by atoms with E-state index in [-0.39, 0.29) is 5.88 Å². The summed E-state index contributed by atoms with van der Waals surface area (Å²) in [6, 6.07) is 13.5. The van der Waals surface area contributed by atoms with Crippen LogP contribution in [-0.2, 0) is 0 Å². The molecule has 6 heteroatoms. The molecule has 3 aromatic rings. The van der Waals surface area contributed by atoms with Crippen LogP contribution in [-0.4, -0.2) is 4.92 Å². The number of aromatic nitrogens is 1. The second kappa shape index (κ2) is 5.09. The van der Waals surface area contributed by atoms with Gasteiger partial charge >= 0.3 is 5.88 Å². The minimum atomic E-state index is -0.610. The molecule has 2 heterocycles. The van der Waals surface area contributed by atoms with E-state index in [2.05, 4.69) is 0 Å². The van der Waals surface area contributed by atoms with Gasteiger partial charge in [0.05, 0.1) is 6.07 Å². The average molecular weight is 282 g/mol. The second-order valence-corrected chi connectivity index (χ2v) is 4.38. The molecule has 0 amide bonds. The zero-order chi connectivity index (χ0) is 14.8. The van der Waals surface area contributed by atoms with Crippen molar-refractivity contribution in [2.45, 2.75) is 0 Å². The highest BCUT2D eigenvalue weighted by molar-refractivity contribution is 5.77. The van der Waals surface area contributed by atoms with Crippen molar-refractivity contribution in [1.29, 1.82) is 0 Å². The molecule has 0 radical (unpaired) electrons. The molecule has 0 aliphatic rings. The number of rotatable bonds is 3. The predicted molar refractivity (Wildman–Crippen MR) is 77.2 cm³/mol. The Labute approximate surface area is 119 Å². The summed E-state index contributed by atoms with van der Waals surface area (Å²) in [5.74, 6) is -0.0157. The van der Waals surface area contributed by atoms with Crippen LogP contribution >= 0.6 is 0 Å². The molecule has 0 saturated carbocycles. The Morgan fingerprint density at radius 2 is 1.86 bits per heavy atom. The van der Waals surface area contributed by atoms with Gasteiger partial charge in [-0.3, -0.25) is 10.1 Å². The number of pyridine rings is 1. The first-order chi connectivity index (χ1) is 10.1. The van der Waals surface area contributed by atoms with Gasteiger partial charge in [0, 0.05) is 23.6 Å². The van der Waals surface area contributed by atoms with Crippen molar-refractivity contribution >= 4 is 28.9 Å². The third kappa shape index (κ3) is 2.46. The third-order valence-corrected chi connectivity index (χ3v) is 3.03. The molecule has 0 spiro atoms. The Hall–Kier alpha value is -3.15.